The van der Waals surface area contributed by atoms with Gasteiger partial charge < -0.3 is 11.1 Å². The summed E-state index contributed by atoms with van der Waals surface area (Å²) in [6, 6.07) is 1.88. The van der Waals surface area contributed by atoms with Crippen molar-refractivity contribution in [3.63, 3.8) is 0 Å². The maximum atomic E-state index is 11.9. The zero-order chi connectivity index (χ0) is 12.9. The van der Waals surface area contributed by atoms with E-state index in [4.69, 9.17) is 5.73 Å². The smallest absolute Gasteiger partial charge is 0.226 e. The van der Waals surface area contributed by atoms with Crippen molar-refractivity contribution in [3.05, 3.63) is 17.5 Å². The van der Waals surface area contributed by atoms with Crippen LogP contribution in [0.3, 0.4) is 0 Å². The Bertz CT molecular complexity index is 360. The monoisotopic (exact) mass is 238 g/mol. The van der Waals surface area contributed by atoms with Gasteiger partial charge in [-0.25, -0.2) is 0 Å². The molecule has 0 saturated heterocycles. The number of aromatic nitrogens is 2. The number of nitrogens with one attached hydrogen (secondary N) is 2. The largest absolute Gasteiger partial charge is 0.349 e. The average molecular weight is 238 g/mol. The van der Waals surface area contributed by atoms with Crippen molar-refractivity contribution in [3.8, 4) is 0 Å². The molecule has 17 heavy (non-hydrogen) atoms. The molecule has 1 heterocycles. The van der Waals surface area contributed by atoms with E-state index in [1.54, 1.807) is 0 Å². The predicted octanol–water partition coefficient (Wildman–Crippen LogP) is 0.894. The standard InChI is InChI=1S/C12H22N4O/c1-4-12(5-2,8-13)14-11(17)7-10-6-9(3)15-16-10/h6H,4-5,7-8,13H2,1-3H3,(H,14,17)(H,15,16). The minimum Gasteiger partial charge on any atom is -0.349 e. The van der Waals surface area contributed by atoms with Gasteiger partial charge >= 0.3 is 0 Å². The molecule has 0 aliphatic carbocycles. The number of aryl methyl sites for hydroxylation is 1. The molecule has 1 amide bonds. The van der Waals surface area contributed by atoms with Crippen molar-refractivity contribution in [2.45, 2.75) is 45.6 Å². The summed E-state index contributed by atoms with van der Waals surface area (Å²) in [5.41, 5.74) is 7.19. The third-order valence-electron chi connectivity index (χ3n) is 3.25. The molecular formula is C12H22N4O. The molecule has 96 valence electrons. The minimum atomic E-state index is -0.275. The topological polar surface area (TPSA) is 83.8 Å². The molecule has 0 radical (unpaired) electrons. The first kappa shape index (κ1) is 13.7. The Kier molecular flexibility index (Phi) is 4.69. The summed E-state index contributed by atoms with van der Waals surface area (Å²) in [7, 11) is 0. The highest BCUT2D eigenvalue weighted by molar-refractivity contribution is 5.79. The van der Waals surface area contributed by atoms with Gasteiger partial charge in [0.25, 0.3) is 0 Å². The summed E-state index contributed by atoms with van der Waals surface area (Å²) in [6.45, 7) is 6.45. The van der Waals surface area contributed by atoms with Crippen molar-refractivity contribution in [2.24, 2.45) is 5.73 Å². The molecule has 0 aromatic carbocycles. The molecule has 4 N–H and O–H groups in total. The van der Waals surface area contributed by atoms with Crippen LogP contribution in [0.4, 0.5) is 0 Å². The first-order valence-corrected chi connectivity index (χ1v) is 6.07. The number of H-pyrrole nitrogens is 1. The molecule has 0 bridgehead atoms. The van der Waals surface area contributed by atoms with Crippen LogP contribution < -0.4 is 11.1 Å². The van der Waals surface area contributed by atoms with Gasteiger partial charge in [0.2, 0.25) is 5.91 Å². The van der Waals surface area contributed by atoms with E-state index in [0.717, 1.165) is 24.2 Å². The van der Waals surface area contributed by atoms with Crippen molar-refractivity contribution >= 4 is 5.91 Å². The SMILES string of the molecule is CCC(CC)(CN)NC(=O)Cc1cc(C)[nH]n1. The van der Waals surface area contributed by atoms with E-state index in [-0.39, 0.29) is 11.4 Å². The van der Waals surface area contributed by atoms with Crippen molar-refractivity contribution in [1.82, 2.24) is 15.5 Å². The lowest BCUT2D eigenvalue weighted by molar-refractivity contribution is -0.122. The normalized spacial score (nSPS) is 11.5. The van der Waals surface area contributed by atoms with E-state index in [1.807, 2.05) is 26.8 Å². The average Bonchev–Trinajstić information content (AvgIpc) is 2.72. The Hall–Kier alpha value is -1.36. The van der Waals surface area contributed by atoms with Gasteiger partial charge in [-0.1, -0.05) is 13.8 Å². The Morgan fingerprint density at radius 2 is 2.18 bits per heavy atom. The molecule has 0 spiro atoms. The number of aromatic amines is 1. The van der Waals surface area contributed by atoms with Gasteiger partial charge in [-0.05, 0) is 25.8 Å². The summed E-state index contributed by atoms with van der Waals surface area (Å²) in [5.74, 6) is -0.0225. The lowest BCUT2D eigenvalue weighted by Gasteiger charge is -2.31. The van der Waals surface area contributed by atoms with Crippen LogP contribution >= 0.6 is 0 Å². The van der Waals surface area contributed by atoms with Gasteiger partial charge in [0.05, 0.1) is 17.7 Å². The molecule has 0 saturated carbocycles. The molecule has 1 rings (SSSR count). The van der Waals surface area contributed by atoms with E-state index < -0.39 is 0 Å². The first-order valence-electron chi connectivity index (χ1n) is 6.07. The van der Waals surface area contributed by atoms with Crippen LogP contribution in [0.5, 0.6) is 0 Å². The molecule has 1 aromatic heterocycles. The predicted molar refractivity (Wildman–Crippen MR) is 67.5 cm³/mol. The van der Waals surface area contributed by atoms with Crippen molar-refractivity contribution in [2.75, 3.05) is 6.54 Å². The molecule has 1 aromatic rings. The molecule has 0 atom stereocenters. The highest BCUT2D eigenvalue weighted by Gasteiger charge is 2.26. The van der Waals surface area contributed by atoms with Crippen LogP contribution in [-0.2, 0) is 11.2 Å². The number of hydrogen-bond donors (Lipinski definition) is 3. The zero-order valence-corrected chi connectivity index (χ0v) is 10.8. The van der Waals surface area contributed by atoms with Crippen LogP contribution in [0.15, 0.2) is 6.07 Å². The highest BCUT2D eigenvalue weighted by Crippen LogP contribution is 2.13. The van der Waals surface area contributed by atoms with E-state index >= 15 is 0 Å². The van der Waals surface area contributed by atoms with Gasteiger partial charge in [0.15, 0.2) is 0 Å². The maximum absolute atomic E-state index is 11.9. The van der Waals surface area contributed by atoms with Crippen LogP contribution in [0.25, 0.3) is 0 Å². The van der Waals surface area contributed by atoms with E-state index in [1.165, 1.54) is 0 Å². The number of hydrogen-bond acceptors (Lipinski definition) is 3. The quantitative estimate of drug-likeness (QED) is 0.688. The number of amides is 1. The van der Waals surface area contributed by atoms with E-state index in [2.05, 4.69) is 15.5 Å². The van der Waals surface area contributed by atoms with Gasteiger partial charge in [-0.3, -0.25) is 9.89 Å². The maximum Gasteiger partial charge on any atom is 0.226 e. The second kappa shape index (κ2) is 5.82. The first-order chi connectivity index (χ1) is 8.05. The Balaban J connectivity index is 2.59. The second-order valence-corrected chi connectivity index (χ2v) is 4.46. The molecule has 5 heteroatoms. The Morgan fingerprint density at radius 3 is 2.59 bits per heavy atom. The third kappa shape index (κ3) is 3.56. The Labute approximate surface area is 102 Å². The van der Waals surface area contributed by atoms with Gasteiger partial charge in [-0.2, -0.15) is 5.10 Å². The molecule has 0 aliphatic heterocycles. The molecule has 5 nitrogen and oxygen atoms in total. The fraction of sp³-hybridized carbons (Fsp3) is 0.667. The zero-order valence-electron chi connectivity index (χ0n) is 10.8. The van der Waals surface area contributed by atoms with E-state index in [9.17, 15) is 4.79 Å². The van der Waals surface area contributed by atoms with E-state index in [0.29, 0.717) is 13.0 Å². The van der Waals surface area contributed by atoms with Gasteiger partial charge in [-0.15, -0.1) is 0 Å². The summed E-state index contributed by atoms with van der Waals surface area (Å²) in [5, 5.41) is 9.89. The summed E-state index contributed by atoms with van der Waals surface area (Å²) in [4.78, 5) is 11.9. The number of nitrogens with zero attached hydrogens (tertiary/aromatic N) is 1. The van der Waals surface area contributed by atoms with Gasteiger partial charge in [0, 0.05) is 12.2 Å². The number of rotatable bonds is 6. The lowest BCUT2D eigenvalue weighted by atomic mass is 9.92. The third-order valence-corrected chi connectivity index (χ3v) is 3.25. The van der Waals surface area contributed by atoms with Gasteiger partial charge in [0.1, 0.15) is 0 Å². The number of carbonyl (C=O) groups is 1. The summed E-state index contributed by atoms with van der Waals surface area (Å²) < 4.78 is 0. The molecular weight excluding hydrogens is 216 g/mol. The van der Waals surface area contributed by atoms with Crippen LogP contribution in [-0.4, -0.2) is 28.2 Å². The summed E-state index contributed by atoms with van der Waals surface area (Å²) in [6.07, 6.45) is 1.97. The number of nitrogens with two attached hydrogens (primary N) is 1. The van der Waals surface area contributed by atoms with Crippen molar-refractivity contribution in [1.29, 1.82) is 0 Å². The fourth-order valence-electron chi connectivity index (χ4n) is 1.84. The molecule has 0 aliphatic rings. The minimum absolute atomic E-state index is 0.0225. The highest BCUT2D eigenvalue weighted by atomic mass is 16.1. The van der Waals surface area contributed by atoms with Crippen LogP contribution in [0.2, 0.25) is 0 Å². The molecule has 0 unspecified atom stereocenters. The second-order valence-electron chi connectivity index (χ2n) is 4.46. The summed E-state index contributed by atoms with van der Waals surface area (Å²) >= 11 is 0. The molecule has 0 fully saturated rings. The fourth-order valence-corrected chi connectivity index (χ4v) is 1.84. The number of carbonyl (C=O) groups excluding carboxylic acids is 1. The van der Waals surface area contributed by atoms with Crippen molar-refractivity contribution < 1.29 is 4.79 Å². The van der Waals surface area contributed by atoms with Crippen LogP contribution in [0.1, 0.15) is 38.1 Å². The van der Waals surface area contributed by atoms with Crippen LogP contribution in [0, 0.1) is 6.92 Å². The lowest BCUT2D eigenvalue weighted by Crippen LogP contribution is -2.53. The Morgan fingerprint density at radius 1 is 1.53 bits per heavy atom.